The Bertz CT molecular complexity index is 166. The van der Waals surface area contributed by atoms with E-state index in [1.165, 1.54) is 0 Å². The molecule has 3 nitrogen and oxygen atoms in total. The van der Waals surface area contributed by atoms with Crippen LogP contribution in [0.5, 0.6) is 0 Å². The molecule has 1 aliphatic rings. The number of likely N-dealkylation sites (tertiary alicyclic amines) is 1. The Hall–Kier alpha value is -0.590. The first kappa shape index (κ1) is 9.50. The van der Waals surface area contributed by atoms with E-state index in [1.54, 1.807) is 6.92 Å². The molecular formula is C9H16N2O. The van der Waals surface area contributed by atoms with Crippen LogP contribution >= 0.6 is 0 Å². The molecule has 0 amide bonds. The van der Waals surface area contributed by atoms with E-state index in [4.69, 9.17) is 11.7 Å². The fourth-order valence-electron chi connectivity index (χ4n) is 1.60. The highest BCUT2D eigenvalue weighted by molar-refractivity contribution is 4.85. The van der Waals surface area contributed by atoms with Crippen LogP contribution in [0.3, 0.4) is 0 Å². The lowest BCUT2D eigenvalue weighted by Crippen LogP contribution is -2.38. The minimum atomic E-state index is -0.241. The van der Waals surface area contributed by atoms with Gasteiger partial charge >= 0.3 is 0 Å². The minimum Gasteiger partial charge on any atom is -0.392 e. The normalized spacial score (nSPS) is 23.4. The SMILES string of the molecule is [C-]#[N+]C1CCN(C[C@H](C)O)CC1. The number of nitrogens with zero attached hydrogens (tertiary/aromatic N) is 2. The fraction of sp³-hybridized carbons (Fsp3) is 0.889. The highest BCUT2D eigenvalue weighted by atomic mass is 16.3. The van der Waals surface area contributed by atoms with Gasteiger partial charge in [0, 0.05) is 32.5 Å². The molecule has 0 aliphatic carbocycles. The number of piperidine rings is 1. The standard InChI is InChI=1S/C9H16N2O/c1-8(12)7-11-5-3-9(10-2)4-6-11/h8-9,12H,3-7H2,1H3/t8-/m0/s1. The molecule has 1 atom stereocenters. The molecule has 1 saturated heterocycles. The maximum atomic E-state index is 9.13. The Balaban J connectivity index is 2.23. The van der Waals surface area contributed by atoms with Gasteiger partial charge in [-0.1, -0.05) is 0 Å². The van der Waals surface area contributed by atoms with Gasteiger partial charge in [-0.3, -0.25) is 0 Å². The summed E-state index contributed by atoms with van der Waals surface area (Å²) in [7, 11) is 0. The highest BCUT2D eigenvalue weighted by Crippen LogP contribution is 2.13. The first-order valence-corrected chi connectivity index (χ1v) is 4.49. The number of hydrogen-bond acceptors (Lipinski definition) is 2. The van der Waals surface area contributed by atoms with Gasteiger partial charge in [0.05, 0.1) is 6.10 Å². The van der Waals surface area contributed by atoms with Crippen LogP contribution in [0.2, 0.25) is 0 Å². The molecule has 0 saturated carbocycles. The minimum absolute atomic E-state index is 0.232. The second-order valence-electron chi connectivity index (χ2n) is 3.51. The van der Waals surface area contributed by atoms with Crippen molar-refractivity contribution in [3.8, 4) is 0 Å². The zero-order chi connectivity index (χ0) is 8.97. The quantitative estimate of drug-likeness (QED) is 0.616. The summed E-state index contributed by atoms with van der Waals surface area (Å²) in [5, 5.41) is 9.13. The topological polar surface area (TPSA) is 27.8 Å². The molecule has 1 aliphatic heterocycles. The zero-order valence-corrected chi connectivity index (χ0v) is 7.53. The van der Waals surface area contributed by atoms with Crippen molar-refractivity contribution in [3.63, 3.8) is 0 Å². The molecule has 0 aromatic rings. The molecule has 0 unspecified atom stereocenters. The summed E-state index contributed by atoms with van der Waals surface area (Å²) in [5.41, 5.74) is 0. The summed E-state index contributed by atoms with van der Waals surface area (Å²) in [6.07, 6.45) is 1.70. The Morgan fingerprint density at radius 2 is 2.17 bits per heavy atom. The summed E-state index contributed by atoms with van der Waals surface area (Å²) >= 11 is 0. The van der Waals surface area contributed by atoms with Crippen LogP contribution in [0.1, 0.15) is 19.8 Å². The van der Waals surface area contributed by atoms with E-state index in [0.717, 1.165) is 32.5 Å². The maximum Gasteiger partial charge on any atom is 0.226 e. The first-order chi connectivity index (χ1) is 5.72. The predicted molar refractivity (Wildman–Crippen MR) is 47.7 cm³/mol. The van der Waals surface area contributed by atoms with Crippen molar-refractivity contribution in [1.82, 2.24) is 4.90 Å². The Morgan fingerprint density at radius 1 is 1.58 bits per heavy atom. The molecule has 0 aromatic carbocycles. The van der Waals surface area contributed by atoms with E-state index in [-0.39, 0.29) is 12.1 Å². The van der Waals surface area contributed by atoms with Crippen LogP contribution in [-0.2, 0) is 0 Å². The molecular weight excluding hydrogens is 152 g/mol. The first-order valence-electron chi connectivity index (χ1n) is 4.49. The monoisotopic (exact) mass is 168 g/mol. The van der Waals surface area contributed by atoms with Gasteiger partial charge in [-0.25, -0.2) is 6.57 Å². The van der Waals surface area contributed by atoms with E-state index in [0.29, 0.717) is 0 Å². The molecule has 0 radical (unpaired) electrons. The van der Waals surface area contributed by atoms with Crippen molar-refractivity contribution in [2.24, 2.45) is 0 Å². The molecule has 3 heteroatoms. The summed E-state index contributed by atoms with van der Waals surface area (Å²) in [5.74, 6) is 0. The second kappa shape index (κ2) is 4.44. The third-order valence-electron chi connectivity index (χ3n) is 2.26. The van der Waals surface area contributed by atoms with Crippen LogP contribution in [-0.4, -0.2) is 41.8 Å². The van der Waals surface area contributed by atoms with Crippen LogP contribution in [0.15, 0.2) is 0 Å². The predicted octanol–water partition coefficient (Wildman–Crippen LogP) is 0.751. The van der Waals surface area contributed by atoms with Gasteiger partial charge in [0.15, 0.2) is 0 Å². The van der Waals surface area contributed by atoms with Crippen LogP contribution < -0.4 is 0 Å². The van der Waals surface area contributed by atoms with E-state index < -0.39 is 0 Å². The third kappa shape index (κ3) is 2.80. The Morgan fingerprint density at radius 3 is 2.58 bits per heavy atom. The Kier molecular flexibility index (Phi) is 3.51. The summed E-state index contributed by atoms with van der Waals surface area (Å²) in [6.45, 7) is 11.4. The van der Waals surface area contributed by atoms with E-state index in [1.807, 2.05) is 0 Å². The van der Waals surface area contributed by atoms with Crippen LogP contribution in [0.25, 0.3) is 4.85 Å². The van der Waals surface area contributed by atoms with Crippen molar-refractivity contribution in [2.75, 3.05) is 19.6 Å². The molecule has 1 N–H and O–H groups in total. The van der Waals surface area contributed by atoms with Crippen LogP contribution in [0, 0.1) is 6.57 Å². The highest BCUT2D eigenvalue weighted by Gasteiger charge is 2.22. The van der Waals surface area contributed by atoms with E-state index in [2.05, 4.69) is 9.74 Å². The van der Waals surface area contributed by atoms with Crippen LogP contribution in [0.4, 0.5) is 0 Å². The summed E-state index contributed by atoms with van der Waals surface area (Å²) < 4.78 is 0. The smallest absolute Gasteiger partial charge is 0.226 e. The molecule has 0 aromatic heterocycles. The number of aliphatic hydroxyl groups is 1. The van der Waals surface area contributed by atoms with E-state index in [9.17, 15) is 0 Å². The number of β-amino-alcohol motifs (C(OH)–C–C–N with tert-alkyl or cyclic N) is 1. The van der Waals surface area contributed by atoms with Gasteiger partial charge in [-0.2, -0.15) is 0 Å². The third-order valence-corrected chi connectivity index (χ3v) is 2.26. The average molecular weight is 168 g/mol. The van der Waals surface area contributed by atoms with Gasteiger partial charge in [-0.05, 0) is 6.92 Å². The fourth-order valence-corrected chi connectivity index (χ4v) is 1.60. The number of hydrogen-bond donors (Lipinski definition) is 1. The van der Waals surface area contributed by atoms with Gasteiger partial charge in [0.2, 0.25) is 6.04 Å². The van der Waals surface area contributed by atoms with Gasteiger partial charge in [0.1, 0.15) is 0 Å². The number of rotatable bonds is 2. The largest absolute Gasteiger partial charge is 0.392 e. The second-order valence-corrected chi connectivity index (χ2v) is 3.51. The molecule has 1 heterocycles. The molecule has 0 spiro atoms. The van der Waals surface area contributed by atoms with Crippen molar-refractivity contribution < 1.29 is 5.11 Å². The molecule has 0 bridgehead atoms. The molecule has 68 valence electrons. The Labute approximate surface area is 73.8 Å². The van der Waals surface area contributed by atoms with Gasteiger partial charge in [-0.15, -0.1) is 0 Å². The lowest BCUT2D eigenvalue weighted by Gasteiger charge is -2.27. The summed E-state index contributed by atoms with van der Waals surface area (Å²) in [6, 6.07) is 0.232. The van der Waals surface area contributed by atoms with Gasteiger partial charge in [0.25, 0.3) is 0 Å². The van der Waals surface area contributed by atoms with Gasteiger partial charge < -0.3 is 14.9 Å². The number of aliphatic hydroxyl groups excluding tert-OH is 1. The zero-order valence-electron chi connectivity index (χ0n) is 7.53. The maximum absolute atomic E-state index is 9.13. The lowest BCUT2D eigenvalue weighted by molar-refractivity contribution is 0.112. The molecule has 1 rings (SSSR count). The molecule has 12 heavy (non-hydrogen) atoms. The average Bonchev–Trinajstić information content (AvgIpc) is 2.05. The van der Waals surface area contributed by atoms with E-state index >= 15 is 0 Å². The summed E-state index contributed by atoms with van der Waals surface area (Å²) in [4.78, 5) is 5.75. The van der Waals surface area contributed by atoms with Crippen molar-refractivity contribution in [1.29, 1.82) is 0 Å². The van der Waals surface area contributed by atoms with Crippen molar-refractivity contribution in [3.05, 3.63) is 11.4 Å². The van der Waals surface area contributed by atoms with Crippen molar-refractivity contribution in [2.45, 2.75) is 31.9 Å². The molecule has 1 fully saturated rings. The van der Waals surface area contributed by atoms with Crippen molar-refractivity contribution >= 4 is 0 Å². The lowest BCUT2D eigenvalue weighted by atomic mass is 10.1.